The molecule has 26 heavy (non-hydrogen) atoms. The molecule has 140 valence electrons. The molecule has 0 radical (unpaired) electrons. The van der Waals surface area contributed by atoms with Gasteiger partial charge in [0.25, 0.3) is 0 Å². The second kappa shape index (κ2) is 7.76. The molecular weight excluding hydrogens is 326 g/mol. The molecule has 6 heteroatoms. The number of hydrogen-bond acceptors (Lipinski definition) is 5. The molecular formula is C20H29N5O. The van der Waals surface area contributed by atoms with E-state index in [1.54, 1.807) is 7.11 Å². The summed E-state index contributed by atoms with van der Waals surface area (Å²) in [4.78, 5) is 4.73. The standard InChI is InChI=1S/C20H29N5O/c1-25-13-16(11-24-25)19-12-23-20-18(19)9-15(10-22-20)14-3-5-17(6-4-14)21-7-8-26-2/h9-11,13-14,17,19,21H,3-8,12H2,1-2H3,(H,22,23)/t14-,17-,19?. The smallest absolute Gasteiger partial charge is 0.129 e. The summed E-state index contributed by atoms with van der Waals surface area (Å²) in [6, 6.07) is 3.03. The lowest BCUT2D eigenvalue weighted by Crippen LogP contribution is -2.34. The number of nitrogens with one attached hydrogen (secondary N) is 2. The normalized spacial score (nSPS) is 25.1. The molecule has 0 saturated heterocycles. The summed E-state index contributed by atoms with van der Waals surface area (Å²) in [6.07, 6.45) is 11.1. The first-order valence-corrected chi connectivity index (χ1v) is 9.69. The highest BCUT2D eigenvalue weighted by molar-refractivity contribution is 5.56. The van der Waals surface area contributed by atoms with Crippen molar-refractivity contribution >= 4 is 5.82 Å². The van der Waals surface area contributed by atoms with E-state index in [0.717, 1.165) is 25.5 Å². The quantitative estimate of drug-likeness (QED) is 0.780. The van der Waals surface area contributed by atoms with Gasteiger partial charge in [-0.05, 0) is 48.8 Å². The molecule has 0 spiro atoms. The Hall–Kier alpha value is -1.92. The number of nitrogens with zero attached hydrogens (tertiary/aromatic N) is 3. The largest absolute Gasteiger partial charge is 0.383 e. The van der Waals surface area contributed by atoms with Crippen LogP contribution in [-0.4, -0.2) is 47.6 Å². The molecule has 0 amide bonds. The molecule has 2 aliphatic rings. The fourth-order valence-corrected chi connectivity index (χ4v) is 4.36. The Kier molecular flexibility index (Phi) is 5.22. The highest BCUT2D eigenvalue weighted by Gasteiger charge is 2.28. The average molecular weight is 355 g/mol. The summed E-state index contributed by atoms with van der Waals surface area (Å²) in [5, 5.41) is 11.4. The summed E-state index contributed by atoms with van der Waals surface area (Å²) >= 11 is 0. The fraction of sp³-hybridized carbons (Fsp3) is 0.600. The van der Waals surface area contributed by atoms with Crippen LogP contribution in [0.15, 0.2) is 24.7 Å². The zero-order valence-corrected chi connectivity index (χ0v) is 15.7. The van der Waals surface area contributed by atoms with Crippen LogP contribution in [0.3, 0.4) is 0 Å². The number of hydrogen-bond donors (Lipinski definition) is 2. The molecule has 1 aliphatic heterocycles. The maximum absolute atomic E-state index is 5.13. The Labute approximate surface area is 155 Å². The van der Waals surface area contributed by atoms with Gasteiger partial charge >= 0.3 is 0 Å². The van der Waals surface area contributed by atoms with Crippen molar-refractivity contribution in [3.8, 4) is 0 Å². The predicted octanol–water partition coefficient (Wildman–Crippen LogP) is 2.63. The number of rotatable bonds is 6. The van der Waals surface area contributed by atoms with Gasteiger partial charge in [-0.15, -0.1) is 0 Å². The van der Waals surface area contributed by atoms with Gasteiger partial charge in [-0.1, -0.05) is 0 Å². The van der Waals surface area contributed by atoms with Gasteiger partial charge in [-0.3, -0.25) is 4.68 Å². The van der Waals surface area contributed by atoms with E-state index in [0.29, 0.717) is 17.9 Å². The van der Waals surface area contributed by atoms with Crippen LogP contribution in [0.2, 0.25) is 0 Å². The highest BCUT2D eigenvalue weighted by Crippen LogP contribution is 2.39. The van der Waals surface area contributed by atoms with Gasteiger partial charge < -0.3 is 15.4 Å². The predicted molar refractivity (Wildman–Crippen MR) is 103 cm³/mol. The van der Waals surface area contributed by atoms with Gasteiger partial charge in [0.1, 0.15) is 5.82 Å². The van der Waals surface area contributed by atoms with Gasteiger partial charge in [0.15, 0.2) is 0 Å². The molecule has 1 aliphatic carbocycles. The first-order valence-electron chi connectivity index (χ1n) is 9.69. The Morgan fingerprint density at radius 3 is 2.81 bits per heavy atom. The Bertz CT molecular complexity index is 736. The zero-order valence-electron chi connectivity index (χ0n) is 15.7. The van der Waals surface area contributed by atoms with Crippen molar-refractivity contribution in [3.05, 3.63) is 41.3 Å². The molecule has 2 aromatic rings. The van der Waals surface area contributed by atoms with Gasteiger partial charge in [0.2, 0.25) is 0 Å². The van der Waals surface area contributed by atoms with E-state index in [-0.39, 0.29) is 0 Å². The number of fused-ring (bicyclic) bond motifs is 1. The second-order valence-electron chi connectivity index (χ2n) is 7.58. The van der Waals surface area contributed by atoms with Crippen LogP contribution in [0.25, 0.3) is 0 Å². The van der Waals surface area contributed by atoms with Crippen molar-refractivity contribution in [1.29, 1.82) is 0 Å². The highest BCUT2D eigenvalue weighted by atomic mass is 16.5. The monoisotopic (exact) mass is 355 g/mol. The van der Waals surface area contributed by atoms with Crippen molar-refractivity contribution in [1.82, 2.24) is 20.1 Å². The van der Waals surface area contributed by atoms with Crippen molar-refractivity contribution in [2.75, 3.05) is 32.1 Å². The van der Waals surface area contributed by atoms with Crippen LogP contribution in [0, 0.1) is 0 Å². The minimum absolute atomic E-state index is 0.359. The van der Waals surface area contributed by atoms with E-state index < -0.39 is 0 Å². The summed E-state index contributed by atoms with van der Waals surface area (Å²) in [5.74, 6) is 2.03. The van der Waals surface area contributed by atoms with Crippen LogP contribution in [0.1, 0.15) is 54.2 Å². The number of aromatic nitrogens is 3. The molecule has 1 atom stereocenters. The van der Waals surface area contributed by atoms with Crippen LogP contribution in [-0.2, 0) is 11.8 Å². The topological polar surface area (TPSA) is 64.0 Å². The van der Waals surface area contributed by atoms with E-state index >= 15 is 0 Å². The number of methoxy groups -OCH3 is 1. The third-order valence-electron chi connectivity index (χ3n) is 5.85. The molecule has 0 aromatic carbocycles. The van der Waals surface area contributed by atoms with Gasteiger partial charge in [0, 0.05) is 57.2 Å². The second-order valence-corrected chi connectivity index (χ2v) is 7.58. The summed E-state index contributed by atoms with van der Waals surface area (Å²) in [5.41, 5.74) is 4.00. The molecule has 2 aromatic heterocycles. The van der Waals surface area contributed by atoms with Gasteiger partial charge in [0.05, 0.1) is 12.8 Å². The van der Waals surface area contributed by atoms with E-state index in [1.165, 1.54) is 42.4 Å². The van der Waals surface area contributed by atoms with Crippen molar-refractivity contribution < 1.29 is 4.74 Å². The van der Waals surface area contributed by atoms with Crippen LogP contribution >= 0.6 is 0 Å². The van der Waals surface area contributed by atoms with Crippen molar-refractivity contribution in [2.45, 2.75) is 43.6 Å². The molecule has 4 rings (SSSR count). The van der Waals surface area contributed by atoms with Crippen molar-refractivity contribution in [2.24, 2.45) is 7.05 Å². The number of anilines is 1. The minimum atomic E-state index is 0.359. The van der Waals surface area contributed by atoms with Crippen LogP contribution in [0.5, 0.6) is 0 Å². The first-order chi connectivity index (χ1) is 12.7. The Balaban J connectivity index is 1.43. The van der Waals surface area contributed by atoms with Gasteiger partial charge in [-0.25, -0.2) is 4.98 Å². The average Bonchev–Trinajstić information content (AvgIpc) is 3.28. The zero-order chi connectivity index (χ0) is 17.9. The first kappa shape index (κ1) is 17.5. The van der Waals surface area contributed by atoms with Gasteiger partial charge in [-0.2, -0.15) is 5.10 Å². The number of aryl methyl sites for hydroxylation is 1. The Morgan fingerprint density at radius 2 is 2.08 bits per heavy atom. The lowest BCUT2D eigenvalue weighted by molar-refractivity contribution is 0.191. The lowest BCUT2D eigenvalue weighted by Gasteiger charge is -2.29. The Morgan fingerprint density at radius 1 is 1.23 bits per heavy atom. The number of ether oxygens (including phenoxy) is 1. The van der Waals surface area contributed by atoms with Crippen LogP contribution < -0.4 is 10.6 Å². The molecule has 3 heterocycles. The lowest BCUT2D eigenvalue weighted by atomic mass is 9.81. The summed E-state index contributed by atoms with van der Waals surface area (Å²) in [6.45, 7) is 2.65. The molecule has 1 saturated carbocycles. The molecule has 2 N–H and O–H groups in total. The summed E-state index contributed by atoms with van der Waals surface area (Å²) in [7, 11) is 3.73. The molecule has 0 bridgehead atoms. The molecule has 6 nitrogen and oxygen atoms in total. The van der Waals surface area contributed by atoms with Crippen LogP contribution in [0.4, 0.5) is 5.82 Å². The fourth-order valence-electron chi connectivity index (χ4n) is 4.36. The van der Waals surface area contributed by atoms with E-state index in [9.17, 15) is 0 Å². The maximum atomic E-state index is 5.13. The van der Waals surface area contributed by atoms with Crippen molar-refractivity contribution in [3.63, 3.8) is 0 Å². The van der Waals surface area contributed by atoms with E-state index in [4.69, 9.17) is 9.72 Å². The minimum Gasteiger partial charge on any atom is -0.383 e. The van der Waals surface area contributed by atoms with E-state index in [1.807, 2.05) is 17.9 Å². The maximum Gasteiger partial charge on any atom is 0.129 e. The molecule has 1 fully saturated rings. The SMILES string of the molecule is COCCN[C@H]1CC[C@H](c2cnc3c(c2)C(c2cnn(C)c2)CN3)CC1. The third kappa shape index (κ3) is 3.62. The summed E-state index contributed by atoms with van der Waals surface area (Å²) < 4.78 is 7.01. The molecule has 1 unspecified atom stereocenters. The number of pyridine rings is 1. The van der Waals surface area contributed by atoms with E-state index in [2.05, 4.69) is 34.2 Å². The third-order valence-corrected chi connectivity index (χ3v) is 5.85.